The highest BCUT2D eigenvalue weighted by Gasteiger charge is 2.31. The number of rotatable bonds is 6. The average Bonchev–Trinajstić information content (AvgIpc) is 2.80. The summed E-state index contributed by atoms with van der Waals surface area (Å²) in [5, 5.41) is 8.02. The van der Waals surface area contributed by atoms with Gasteiger partial charge in [-0.25, -0.2) is 0 Å². The topological polar surface area (TPSA) is 45.5 Å². The quantitative estimate of drug-likeness (QED) is 0.633. The van der Waals surface area contributed by atoms with Crippen molar-refractivity contribution >= 4 is 5.96 Å². The number of piperidine rings is 1. The van der Waals surface area contributed by atoms with Crippen molar-refractivity contribution in [3.8, 4) is 0 Å². The van der Waals surface area contributed by atoms with Crippen LogP contribution in [-0.4, -0.2) is 46.8 Å². The molecule has 1 aromatic heterocycles. The number of aryl methyl sites for hydroxylation is 2. The Labute approximate surface area is 153 Å². The van der Waals surface area contributed by atoms with Crippen LogP contribution < -0.4 is 5.32 Å². The number of hydrogen-bond acceptors (Lipinski definition) is 2. The minimum absolute atomic E-state index is 0.430. The van der Waals surface area contributed by atoms with E-state index in [0.717, 1.165) is 44.3 Å². The molecule has 1 saturated heterocycles. The average molecular weight is 348 g/mol. The van der Waals surface area contributed by atoms with Gasteiger partial charge in [-0.2, -0.15) is 5.10 Å². The summed E-state index contributed by atoms with van der Waals surface area (Å²) in [5.41, 5.74) is 4.16. The fourth-order valence-corrected chi connectivity index (χ4v) is 4.18. The van der Waals surface area contributed by atoms with Gasteiger partial charge >= 0.3 is 0 Å². The van der Waals surface area contributed by atoms with Crippen LogP contribution in [0.2, 0.25) is 0 Å². The maximum Gasteiger partial charge on any atom is 0.193 e. The third kappa shape index (κ3) is 4.99. The van der Waals surface area contributed by atoms with Crippen LogP contribution in [0.1, 0.15) is 63.4 Å². The highest BCUT2D eigenvalue weighted by molar-refractivity contribution is 5.80. The van der Waals surface area contributed by atoms with Crippen molar-refractivity contribution in [1.29, 1.82) is 0 Å². The van der Waals surface area contributed by atoms with Crippen LogP contribution >= 0.6 is 0 Å². The summed E-state index contributed by atoms with van der Waals surface area (Å²) in [4.78, 5) is 7.42. The summed E-state index contributed by atoms with van der Waals surface area (Å²) >= 11 is 0. The second-order valence-electron chi connectivity index (χ2n) is 7.84. The van der Waals surface area contributed by atoms with E-state index in [9.17, 15) is 0 Å². The molecule has 1 aromatic rings. The Balaban J connectivity index is 2.05. The molecular weight excluding hydrogens is 310 g/mol. The van der Waals surface area contributed by atoms with Crippen molar-refractivity contribution in [2.45, 2.75) is 66.7 Å². The zero-order valence-electron chi connectivity index (χ0n) is 17.2. The molecule has 2 rings (SSSR count). The van der Waals surface area contributed by atoms with Gasteiger partial charge in [0.05, 0.1) is 5.69 Å². The van der Waals surface area contributed by atoms with Crippen LogP contribution in [0.15, 0.2) is 4.99 Å². The summed E-state index contributed by atoms with van der Waals surface area (Å²) in [7, 11) is 2.02. The zero-order chi connectivity index (χ0) is 18.4. The fourth-order valence-electron chi connectivity index (χ4n) is 4.18. The molecule has 1 aliphatic rings. The Hall–Kier alpha value is -1.52. The lowest BCUT2D eigenvalue weighted by Gasteiger charge is -2.42. The molecule has 1 atom stereocenters. The molecule has 142 valence electrons. The van der Waals surface area contributed by atoms with Crippen molar-refractivity contribution < 1.29 is 0 Å². The number of nitrogens with zero attached hydrogens (tertiary/aromatic N) is 4. The predicted molar refractivity (Wildman–Crippen MR) is 106 cm³/mol. The van der Waals surface area contributed by atoms with Gasteiger partial charge in [0.15, 0.2) is 5.96 Å². The predicted octanol–water partition coefficient (Wildman–Crippen LogP) is 3.45. The van der Waals surface area contributed by atoms with E-state index in [-0.39, 0.29) is 0 Å². The Morgan fingerprint density at radius 1 is 1.32 bits per heavy atom. The van der Waals surface area contributed by atoms with Gasteiger partial charge in [0.25, 0.3) is 0 Å². The molecular formula is C20H37N5. The van der Waals surface area contributed by atoms with Gasteiger partial charge in [0, 0.05) is 38.9 Å². The Morgan fingerprint density at radius 2 is 2.08 bits per heavy atom. The molecule has 0 spiro atoms. The lowest BCUT2D eigenvalue weighted by molar-refractivity contribution is 0.142. The van der Waals surface area contributed by atoms with Crippen molar-refractivity contribution in [3.63, 3.8) is 0 Å². The first-order valence-corrected chi connectivity index (χ1v) is 9.92. The molecule has 1 fully saturated rings. The maximum atomic E-state index is 4.94. The molecule has 2 heterocycles. The summed E-state index contributed by atoms with van der Waals surface area (Å²) in [6, 6.07) is 0. The van der Waals surface area contributed by atoms with Gasteiger partial charge < -0.3 is 10.2 Å². The Bertz CT molecular complexity index is 585. The van der Waals surface area contributed by atoms with Gasteiger partial charge in [-0.1, -0.05) is 20.3 Å². The lowest BCUT2D eigenvalue weighted by Crippen LogP contribution is -2.49. The highest BCUT2D eigenvalue weighted by atomic mass is 15.3. The number of nitrogens with one attached hydrogen (secondary N) is 1. The van der Waals surface area contributed by atoms with E-state index in [2.05, 4.69) is 49.9 Å². The number of aromatic nitrogens is 2. The number of likely N-dealkylation sites (tertiary alicyclic amines) is 1. The van der Waals surface area contributed by atoms with E-state index in [1.165, 1.54) is 36.9 Å². The van der Waals surface area contributed by atoms with Gasteiger partial charge in [-0.15, -0.1) is 0 Å². The molecule has 0 bridgehead atoms. The van der Waals surface area contributed by atoms with Crippen molar-refractivity contribution in [3.05, 3.63) is 17.0 Å². The second-order valence-corrected chi connectivity index (χ2v) is 7.84. The fraction of sp³-hybridized carbons (Fsp3) is 0.800. The third-order valence-corrected chi connectivity index (χ3v) is 5.55. The van der Waals surface area contributed by atoms with E-state index in [1.807, 2.05) is 11.7 Å². The van der Waals surface area contributed by atoms with E-state index in [0.29, 0.717) is 5.41 Å². The summed E-state index contributed by atoms with van der Waals surface area (Å²) in [5.74, 6) is 1.09. The van der Waals surface area contributed by atoms with Crippen LogP contribution in [-0.2, 0) is 13.5 Å². The zero-order valence-corrected chi connectivity index (χ0v) is 17.2. The molecule has 1 aliphatic heterocycles. The van der Waals surface area contributed by atoms with Crippen LogP contribution in [0, 0.1) is 19.3 Å². The molecule has 0 radical (unpaired) electrons. The molecule has 0 amide bonds. The Morgan fingerprint density at radius 3 is 2.68 bits per heavy atom. The number of aliphatic imine (C=N–C) groups is 1. The van der Waals surface area contributed by atoms with Crippen LogP contribution in [0.3, 0.4) is 0 Å². The first kappa shape index (κ1) is 19.8. The molecule has 0 aromatic carbocycles. The largest absolute Gasteiger partial charge is 0.357 e. The van der Waals surface area contributed by atoms with E-state index in [1.54, 1.807) is 0 Å². The second kappa shape index (κ2) is 8.72. The van der Waals surface area contributed by atoms with Gasteiger partial charge in [-0.05, 0) is 57.4 Å². The summed E-state index contributed by atoms with van der Waals surface area (Å²) in [6.45, 7) is 15.1. The van der Waals surface area contributed by atoms with Crippen molar-refractivity contribution in [2.75, 3.05) is 26.2 Å². The highest BCUT2D eigenvalue weighted by Crippen LogP contribution is 2.33. The van der Waals surface area contributed by atoms with Crippen LogP contribution in [0.4, 0.5) is 0 Å². The maximum absolute atomic E-state index is 4.94. The van der Waals surface area contributed by atoms with Crippen molar-refractivity contribution in [1.82, 2.24) is 20.0 Å². The van der Waals surface area contributed by atoms with E-state index >= 15 is 0 Å². The summed E-state index contributed by atoms with van der Waals surface area (Å²) < 4.78 is 1.97. The normalized spacial score (nSPS) is 21.7. The lowest BCUT2D eigenvalue weighted by atomic mass is 9.78. The molecule has 1 unspecified atom stereocenters. The minimum Gasteiger partial charge on any atom is -0.357 e. The number of guanidine groups is 1. The van der Waals surface area contributed by atoms with Crippen LogP contribution in [0.5, 0.6) is 0 Å². The van der Waals surface area contributed by atoms with Gasteiger partial charge in [0.2, 0.25) is 0 Å². The molecule has 0 aliphatic carbocycles. The Kier molecular flexibility index (Phi) is 6.91. The molecule has 0 saturated carbocycles. The van der Waals surface area contributed by atoms with E-state index in [4.69, 9.17) is 4.99 Å². The minimum atomic E-state index is 0.430. The first-order valence-electron chi connectivity index (χ1n) is 9.92. The van der Waals surface area contributed by atoms with Gasteiger partial charge in [0.1, 0.15) is 0 Å². The van der Waals surface area contributed by atoms with Crippen molar-refractivity contribution in [2.24, 2.45) is 17.5 Å². The molecule has 1 N–H and O–H groups in total. The molecule has 5 heteroatoms. The monoisotopic (exact) mass is 347 g/mol. The SMILES string of the molecule is CCCC1(C)CCCN(C(=NCCc2c(C)nn(C)c2C)NCC)C1. The van der Waals surface area contributed by atoms with E-state index < -0.39 is 0 Å². The smallest absolute Gasteiger partial charge is 0.193 e. The summed E-state index contributed by atoms with van der Waals surface area (Å²) in [6.07, 6.45) is 6.13. The van der Waals surface area contributed by atoms with Gasteiger partial charge in [-0.3, -0.25) is 9.67 Å². The third-order valence-electron chi connectivity index (χ3n) is 5.55. The standard InChI is InChI=1S/C20H37N5/c1-7-11-20(5)12-9-14-25(15-20)19(21-8-2)22-13-10-18-16(3)23-24(6)17(18)4/h7-15H2,1-6H3,(H,21,22). The first-order chi connectivity index (χ1) is 11.9. The van der Waals surface area contributed by atoms with Crippen LogP contribution in [0.25, 0.3) is 0 Å². The molecule has 25 heavy (non-hydrogen) atoms. The number of hydrogen-bond donors (Lipinski definition) is 1. The molecule has 5 nitrogen and oxygen atoms in total.